The first-order chi connectivity index (χ1) is 8.50. The minimum atomic E-state index is -4.43. The molecule has 18 heavy (non-hydrogen) atoms. The number of alkyl halides is 3. The number of hydrogen-bond donors (Lipinski definition) is 0. The van der Waals surface area contributed by atoms with Crippen LogP contribution in [0.2, 0.25) is 0 Å². The molecular formula is C11H14F3N3O. The molecule has 2 rings (SSSR count). The van der Waals surface area contributed by atoms with Gasteiger partial charge >= 0.3 is 6.18 Å². The van der Waals surface area contributed by atoms with Crippen molar-refractivity contribution in [3.8, 4) is 0 Å². The standard InChI is InChI=1S/C11H14F3N3O/c1-18-8-2-4-17(5-3-8)10-6-9(11(12,13)14)15-7-16-10/h6-8H,2-5H2,1H3. The van der Waals surface area contributed by atoms with Crippen LogP contribution < -0.4 is 4.90 Å². The van der Waals surface area contributed by atoms with Crippen LogP contribution in [-0.4, -0.2) is 36.3 Å². The zero-order valence-electron chi connectivity index (χ0n) is 9.94. The topological polar surface area (TPSA) is 38.2 Å². The summed E-state index contributed by atoms with van der Waals surface area (Å²) in [5.74, 6) is 0.326. The average molecular weight is 261 g/mol. The minimum Gasteiger partial charge on any atom is -0.381 e. The molecule has 0 unspecified atom stereocenters. The Labute approximate surface area is 103 Å². The molecule has 1 fully saturated rings. The summed E-state index contributed by atoms with van der Waals surface area (Å²) in [4.78, 5) is 8.98. The highest BCUT2D eigenvalue weighted by molar-refractivity contribution is 5.39. The predicted molar refractivity (Wildman–Crippen MR) is 59.3 cm³/mol. The lowest BCUT2D eigenvalue weighted by Crippen LogP contribution is -2.37. The number of halogens is 3. The Morgan fingerprint density at radius 2 is 1.94 bits per heavy atom. The Morgan fingerprint density at radius 3 is 2.50 bits per heavy atom. The molecule has 0 aliphatic carbocycles. The van der Waals surface area contributed by atoms with Crippen molar-refractivity contribution in [2.24, 2.45) is 0 Å². The van der Waals surface area contributed by atoms with Crippen molar-refractivity contribution in [2.75, 3.05) is 25.1 Å². The zero-order chi connectivity index (χ0) is 13.2. The van der Waals surface area contributed by atoms with Gasteiger partial charge in [-0.2, -0.15) is 13.2 Å². The van der Waals surface area contributed by atoms with Gasteiger partial charge in [-0.05, 0) is 12.8 Å². The molecule has 1 aromatic rings. The predicted octanol–water partition coefficient (Wildman–Crippen LogP) is 2.11. The van der Waals surface area contributed by atoms with Crippen molar-refractivity contribution in [1.29, 1.82) is 0 Å². The third kappa shape index (κ3) is 2.90. The lowest BCUT2D eigenvalue weighted by Gasteiger charge is -2.32. The third-order valence-electron chi connectivity index (χ3n) is 3.04. The summed E-state index contributed by atoms with van der Waals surface area (Å²) in [7, 11) is 1.65. The van der Waals surface area contributed by atoms with Gasteiger partial charge in [-0.3, -0.25) is 0 Å². The van der Waals surface area contributed by atoms with Gasteiger partial charge in [0.1, 0.15) is 17.8 Å². The monoisotopic (exact) mass is 261 g/mol. The highest BCUT2D eigenvalue weighted by Crippen LogP contribution is 2.29. The maximum Gasteiger partial charge on any atom is 0.433 e. The molecule has 0 N–H and O–H groups in total. The molecule has 0 spiro atoms. The lowest BCUT2D eigenvalue weighted by molar-refractivity contribution is -0.141. The molecule has 2 heterocycles. The Kier molecular flexibility index (Phi) is 3.70. The number of piperidine rings is 1. The molecule has 0 bridgehead atoms. The van der Waals surface area contributed by atoms with Crippen molar-refractivity contribution in [1.82, 2.24) is 9.97 Å². The van der Waals surface area contributed by atoms with Crippen molar-refractivity contribution >= 4 is 5.82 Å². The molecule has 0 saturated carbocycles. The molecule has 1 aliphatic rings. The first kappa shape index (κ1) is 13.1. The van der Waals surface area contributed by atoms with Crippen molar-refractivity contribution < 1.29 is 17.9 Å². The van der Waals surface area contributed by atoms with Gasteiger partial charge in [0.05, 0.1) is 6.10 Å². The van der Waals surface area contributed by atoms with Crippen LogP contribution in [0, 0.1) is 0 Å². The summed E-state index contributed by atoms with van der Waals surface area (Å²) in [5, 5.41) is 0. The van der Waals surface area contributed by atoms with Crippen LogP contribution in [-0.2, 0) is 10.9 Å². The fraction of sp³-hybridized carbons (Fsp3) is 0.636. The highest BCUT2D eigenvalue weighted by Gasteiger charge is 2.33. The molecule has 1 aliphatic heterocycles. The van der Waals surface area contributed by atoms with E-state index >= 15 is 0 Å². The normalized spacial score (nSPS) is 18.1. The van der Waals surface area contributed by atoms with E-state index in [-0.39, 0.29) is 6.10 Å². The SMILES string of the molecule is COC1CCN(c2cc(C(F)(F)F)ncn2)CC1. The number of ether oxygens (including phenoxy) is 1. The first-order valence-corrected chi connectivity index (χ1v) is 5.67. The van der Waals surface area contributed by atoms with Crippen LogP contribution >= 0.6 is 0 Å². The maximum atomic E-state index is 12.5. The van der Waals surface area contributed by atoms with Gasteiger partial charge in [0.2, 0.25) is 0 Å². The average Bonchev–Trinajstić information content (AvgIpc) is 2.38. The van der Waals surface area contributed by atoms with Gasteiger partial charge in [-0.1, -0.05) is 0 Å². The van der Waals surface area contributed by atoms with Crippen molar-refractivity contribution in [3.05, 3.63) is 18.1 Å². The highest BCUT2D eigenvalue weighted by atomic mass is 19.4. The van der Waals surface area contributed by atoms with Gasteiger partial charge in [0.15, 0.2) is 0 Å². The second-order valence-electron chi connectivity index (χ2n) is 4.18. The number of rotatable bonds is 2. The van der Waals surface area contributed by atoms with E-state index < -0.39 is 11.9 Å². The fourth-order valence-corrected chi connectivity index (χ4v) is 2.00. The Morgan fingerprint density at radius 1 is 1.28 bits per heavy atom. The van der Waals surface area contributed by atoms with Crippen LogP contribution in [0.1, 0.15) is 18.5 Å². The Bertz CT molecular complexity index is 403. The number of nitrogens with zero attached hydrogens (tertiary/aromatic N) is 3. The lowest BCUT2D eigenvalue weighted by atomic mass is 10.1. The molecule has 7 heteroatoms. The molecule has 0 radical (unpaired) electrons. The largest absolute Gasteiger partial charge is 0.433 e. The molecule has 4 nitrogen and oxygen atoms in total. The van der Waals surface area contributed by atoms with Crippen LogP contribution in [0.5, 0.6) is 0 Å². The van der Waals surface area contributed by atoms with Crippen LogP contribution in [0.3, 0.4) is 0 Å². The van der Waals surface area contributed by atoms with E-state index in [1.165, 1.54) is 0 Å². The van der Waals surface area contributed by atoms with Crippen LogP contribution in [0.25, 0.3) is 0 Å². The second kappa shape index (κ2) is 5.09. The quantitative estimate of drug-likeness (QED) is 0.817. The molecule has 1 saturated heterocycles. The number of anilines is 1. The summed E-state index contributed by atoms with van der Waals surface area (Å²) < 4.78 is 42.8. The van der Waals surface area contributed by atoms with E-state index in [9.17, 15) is 13.2 Å². The molecule has 0 amide bonds. The zero-order valence-corrected chi connectivity index (χ0v) is 9.94. The Balaban J connectivity index is 2.10. The van der Waals surface area contributed by atoms with Gasteiger partial charge in [0.25, 0.3) is 0 Å². The first-order valence-electron chi connectivity index (χ1n) is 5.67. The minimum absolute atomic E-state index is 0.185. The Hall–Kier alpha value is -1.37. The summed E-state index contributed by atoms with van der Waals surface area (Å²) in [6.45, 7) is 1.29. The molecule has 0 aromatic carbocycles. The van der Waals surface area contributed by atoms with E-state index in [1.54, 1.807) is 7.11 Å². The summed E-state index contributed by atoms with van der Waals surface area (Å²) >= 11 is 0. The van der Waals surface area contributed by atoms with Crippen molar-refractivity contribution in [2.45, 2.75) is 25.1 Å². The fourth-order valence-electron chi connectivity index (χ4n) is 2.00. The molecule has 100 valence electrons. The smallest absolute Gasteiger partial charge is 0.381 e. The van der Waals surface area contributed by atoms with Gasteiger partial charge in [-0.25, -0.2) is 9.97 Å². The number of methoxy groups -OCH3 is 1. The van der Waals surface area contributed by atoms with E-state index in [4.69, 9.17) is 4.74 Å². The van der Waals surface area contributed by atoms with Gasteiger partial charge in [-0.15, -0.1) is 0 Å². The summed E-state index contributed by atoms with van der Waals surface area (Å²) in [5.41, 5.74) is -0.902. The van der Waals surface area contributed by atoms with E-state index in [0.717, 1.165) is 25.2 Å². The van der Waals surface area contributed by atoms with E-state index in [2.05, 4.69) is 9.97 Å². The van der Waals surface area contributed by atoms with Crippen molar-refractivity contribution in [3.63, 3.8) is 0 Å². The molecule has 1 aromatic heterocycles. The van der Waals surface area contributed by atoms with E-state index in [0.29, 0.717) is 18.9 Å². The third-order valence-corrected chi connectivity index (χ3v) is 3.04. The number of aromatic nitrogens is 2. The molecule has 0 atom stereocenters. The van der Waals surface area contributed by atoms with Crippen LogP contribution in [0.4, 0.5) is 19.0 Å². The van der Waals surface area contributed by atoms with E-state index in [1.807, 2.05) is 4.90 Å². The van der Waals surface area contributed by atoms with Crippen LogP contribution in [0.15, 0.2) is 12.4 Å². The molecular weight excluding hydrogens is 247 g/mol. The second-order valence-corrected chi connectivity index (χ2v) is 4.18. The number of hydrogen-bond acceptors (Lipinski definition) is 4. The van der Waals surface area contributed by atoms with Gasteiger partial charge in [0, 0.05) is 26.3 Å². The summed E-state index contributed by atoms with van der Waals surface area (Å²) in [6.07, 6.45) is -1.70. The summed E-state index contributed by atoms with van der Waals surface area (Å²) in [6, 6.07) is 0.993. The maximum absolute atomic E-state index is 12.5. The van der Waals surface area contributed by atoms with Gasteiger partial charge < -0.3 is 9.64 Å².